The van der Waals surface area contributed by atoms with E-state index < -0.39 is 11.5 Å². The van der Waals surface area contributed by atoms with Gasteiger partial charge in [-0.25, -0.2) is 0 Å². The number of rotatable bonds is 6. The lowest BCUT2D eigenvalue weighted by Crippen LogP contribution is -3.14. The Balaban J connectivity index is 1.82. The highest BCUT2D eigenvalue weighted by Gasteiger charge is 2.21. The maximum absolute atomic E-state index is 12.5. The van der Waals surface area contributed by atoms with Gasteiger partial charge in [0.25, 0.3) is 11.5 Å². The second-order valence-electron chi connectivity index (χ2n) is 6.30. The number of H-pyrrole nitrogens is 1. The maximum atomic E-state index is 12.5. The van der Waals surface area contributed by atoms with Gasteiger partial charge < -0.3 is 34.5 Å². The Morgan fingerprint density at radius 2 is 1.93 bits per heavy atom. The molecule has 1 aromatic heterocycles. The first kappa shape index (κ1) is 19.0. The third kappa shape index (κ3) is 3.99. The number of morpholine rings is 1. The van der Waals surface area contributed by atoms with Crippen molar-refractivity contribution in [2.24, 2.45) is 0 Å². The number of carbonyl (C=O) groups is 1. The molecule has 0 bridgehead atoms. The zero-order valence-electron chi connectivity index (χ0n) is 15.4. The predicted molar refractivity (Wildman–Crippen MR) is 98.1 cm³/mol. The summed E-state index contributed by atoms with van der Waals surface area (Å²) in [4.78, 5) is 28.8. The largest absolute Gasteiger partial charge is 0.506 e. The molecule has 0 atom stereocenters. The van der Waals surface area contributed by atoms with Gasteiger partial charge in [0.15, 0.2) is 11.5 Å². The molecule has 1 amide bonds. The Labute approximate surface area is 155 Å². The molecule has 9 heteroatoms. The van der Waals surface area contributed by atoms with Crippen LogP contribution >= 0.6 is 0 Å². The van der Waals surface area contributed by atoms with Crippen molar-refractivity contribution in [3.05, 3.63) is 28.0 Å². The minimum Gasteiger partial charge on any atom is -0.506 e. The van der Waals surface area contributed by atoms with Crippen LogP contribution in [0.5, 0.6) is 17.2 Å². The lowest BCUT2D eigenvalue weighted by Gasteiger charge is -2.23. The molecule has 9 nitrogen and oxygen atoms in total. The van der Waals surface area contributed by atoms with Crippen molar-refractivity contribution >= 4 is 16.8 Å². The van der Waals surface area contributed by atoms with E-state index in [-0.39, 0.29) is 11.3 Å². The van der Waals surface area contributed by atoms with Gasteiger partial charge in [-0.3, -0.25) is 9.59 Å². The second-order valence-corrected chi connectivity index (χ2v) is 6.30. The first-order valence-corrected chi connectivity index (χ1v) is 8.75. The van der Waals surface area contributed by atoms with Crippen LogP contribution in [0, 0.1) is 0 Å². The molecule has 0 unspecified atom stereocenters. The van der Waals surface area contributed by atoms with Gasteiger partial charge >= 0.3 is 0 Å². The fourth-order valence-electron chi connectivity index (χ4n) is 3.17. The molecule has 2 heterocycles. The summed E-state index contributed by atoms with van der Waals surface area (Å²) in [6.45, 7) is 4.32. The molecule has 0 aliphatic carbocycles. The number of nitrogens with one attached hydrogen (secondary N) is 3. The minimum atomic E-state index is -0.663. The van der Waals surface area contributed by atoms with Crippen molar-refractivity contribution in [2.45, 2.75) is 0 Å². The summed E-state index contributed by atoms with van der Waals surface area (Å²) >= 11 is 0. The number of methoxy groups -OCH3 is 2. The monoisotopic (exact) mass is 378 g/mol. The van der Waals surface area contributed by atoms with E-state index >= 15 is 0 Å². The molecule has 1 aliphatic rings. The Bertz CT molecular complexity index is 889. The van der Waals surface area contributed by atoms with Crippen LogP contribution in [0.1, 0.15) is 10.4 Å². The van der Waals surface area contributed by atoms with E-state index in [1.807, 2.05) is 0 Å². The molecule has 1 saturated heterocycles. The number of pyridine rings is 1. The number of amides is 1. The molecule has 1 aliphatic heterocycles. The summed E-state index contributed by atoms with van der Waals surface area (Å²) in [6.07, 6.45) is 0. The summed E-state index contributed by atoms with van der Waals surface area (Å²) in [6, 6.07) is 3.06. The molecule has 4 N–H and O–H groups in total. The van der Waals surface area contributed by atoms with Crippen LogP contribution in [0.4, 0.5) is 0 Å². The lowest BCUT2D eigenvalue weighted by molar-refractivity contribution is -0.906. The highest BCUT2D eigenvalue weighted by molar-refractivity contribution is 6.02. The van der Waals surface area contributed by atoms with Gasteiger partial charge in [-0.05, 0) is 6.07 Å². The summed E-state index contributed by atoms with van der Waals surface area (Å²) < 4.78 is 15.7. The normalized spacial score (nSPS) is 14.9. The standard InChI is InChI=1S/C18H23N3O6/c1-25-13-9-11-12(10-14(13)26-2)20-18(24)15(16(11)22)17(23)19-3-4-21-5-7-27-8-6-21/h9-10H,3-8H2,1-2H3,(H,19,23)(H2,20,22,24)/p+1. The lowest BCUT2D eigenvalue weighted by atomic mass is 10.1. The third-order valence-electron chi connectivity index (χ3n) is 4.68. The Hall–Kier alpha value is -2.78. The second kappa shape index (κ2) is 8.28. The molecule has 0 spiro atoms. The van der Waals surface area contributed by atoms with Gasteiger partial charge in [-0.15, -0.1) is 0 Å². The van der Waals surface area contributed by atoms with Crippen molar-refractivity contribution in [1.82, 2.24) is 10.3 Å². The summed E-state index contributed by atoms with van der Waals surface area (Å²) in [7, 11) is 2.94. The first-order valence-electron chi connectivity index (χ1n) is 8.75. The highest BCUT2D eigenvalue weighted by Crippen LogP contribution is 2.35. The number of hydrogen-bond donors (Lipinski definition) is 4. The van der Waals surface area contributed by atoms with Gasteiger partial charge in [0.05, 0.1) is 46.0 Å². The Kier molecular flexibility index (Phi) is 5.82. The zero-order valence-corrected chi connectivity index (χ0v) is 15.4. The average Bonchev–Trinajstić information content (AvgIpc) is 2.68. The van der Waals surface area contributed by atoms with Crippen molar-refractivity contribution in [2.75, 3.05) is 53.6 Å². The van der Waals surface area contributed by atoms with E-state index in [0.717, 1.165) is 19.6 Å². The predicted octanol–water partition coefficient (Wildman–Crippen LogP) is -1.10. The van der Waals surface area contributed by atoms with Crippen LogP contribution in [-0.2, 0) is 4.74 Å². The molecular formula is C18H24N3O6+. The maximum Gasteiger partial charge on any atom is 0.265 e. The fraction of sp³-hybridized carbons (Fsp3) is 0.444. The number of aromatic hydroxyl groups is 1. The zero-order chi connectivity index (χ0) is 19.4. The summed E-state index contributed by atoms with van der Waals surface area (Å²) in [5.74, 6) is -0.204. The average molecular weight is 378 g/mol. The Morgan fingerprint density at radius 1 is 1.26 bits per heavy atom. The van der Waals surface area contributed by atoms with Gasteiger partial charge in [0.2, 0.25) is 0 Å². The smallest absolute Gasteiger partial charge is 0.265 e. The SMILES string of the molecule is COc1cc2[nH]c(=O)c(C(=O)NCC[NH+]3CCOCC3)c(O)c2cc1OC. The van der Waals surface area contributed by atoms with Crippen LogP contribution in [0.3, 0.4) is 0 Å². The van der Waals surface area contributed by atoms with Crippen molar-refractivity contribution in [3.63, 3.8) is 0 Å². The molecule has 3 rings (SSSR count). The summed E-state index contributed by atoms with van der Waals surface area (Å²) in [5.41, 5.74) is -0.625. The van der Waals surface area contributed by atoms with E-state index in [1.54, 1.807) is 6.07 Å². The summed E-state index contributed by atoms with van der Waals surface area (Å²) in [5, 5.41) is 13.5. The van der Waals surface area contributed by atoms with Crippen molar-refractivity contribution in [1.29, 1.82) is 0 Å². The van der Waals surface area contributed by atoms with Gasteiger partial charge in [-0.2, -0.15) is 0 Å². The van der Waals surface area contributed by atoms with Crippen LogP contribution < -0.4 is 25.2 Å². The van der Waals surface area contributed by atoms with Crippen molar-refractivity contribution in [3.8, 4) is 17.2 Å². The van der Waals surface area contributed by atoms with Gasteiger partial charge in [0, 0.05) is 11.5 Å². The third-order valence-corrected chi connectivity index (χ3v) is 4.68. The van der Waals surface area contributed by atoms with Crippen LogP contribution in [0.15, 0.2) is 16.9 Å². The molecular weight excluding hydrogens is 354 g/mol. The van der Waals surface area contributed by atoms with Crippen LogP contribution in [0.2, 0.25) is 0 Å². The molecule has 1 fully saturated rings. The van der Waals surface area contributed by atoms with Gasteiger partial charge in [-0.1, -0.05) is 0 Å². The van der Waals surface area contributed by atoms with Crippen LogP contribution in [-0.4, -0.2) is 69.6 Å². The van der Waals surface area contributed by atoms with Crippen molar-refractivity contribution < 1.29 is 29.0 Å². The van der Waals surface area contributed by atoms with E-state index in [4.69, 9.17) is 14.2 Å². The first-order chi connectivity index (χ1) is 13.0. The number of carbonyl (C=O) groups excluding carboxylic acids is 1. The molecule has 0 saturated carbocycles. The van der Waals surface area contributed by atoms with E-state index in [1.165, 1.54) is 25.2 Å². The number of aromatic amines is 1. The molecule has 27 heavy (non-hydrogen) atoms. The topological polar surface area (TPSA) is 114 Å². The molecule has 0 radical (unpaired) electrons. The highest BCUT2D eigenvalue weighted by atomic mass is 16.5. The fourth-order valence-corrected chi connectivity index (χ4v) is 3.17. The Morgan fingerprint density at radius 3 is 2.59 bits per heavy atom. The quantitative estimate of drug-likeness (QED) is 0.507. The van der Waals surface area contributed by atoms with E-state index in [2.05, 4.69) is 10.3 Å². The molecule has 2 aromatic rings. The molecule has 146 valence electrons. The number of ether oxygens (including phenoxy) is 3. The number of hydrogen-bond acceptors (Lipinski definition) is 6. The molecule has 1 aromatic carbocycles. The number of fused-ring (bicyclic) bond motifs is 1. The van der Waals surface area contributed by atoms with E-state index in [0.29, 0.717) is 42.2 Å². The number of aromatic nitrogens is 1. The van der Waals surface area contributed by atoms with E-state index in [9.17, 15) is 14.7 Å². The van der Waals surface area contributed by atoms with Gasteiger partial charge in [0.1, 0.15) is 24.4 Å². The number of quaternary nitrogens is 1. The minimum absolute atomic E-state index is 0.302. The van der Waals surface area contributed by atoms with Crippen LogP contribution in [0.25, 0.3) is 10.9 Å². The number of benzene rings is 1.